The molecular weight excluding hydrogens is 344 g/mol. The summed E-state index contributed by atoms with van der Waals surface area (Å²) in [4.78, 5) is 14.9. The predicted octanol–water partition coefficient (Wildman–Crippen LogP) is 4.23. The topological polar surface area (TPSA) is 32.3 Å². The molecule has 2 aromatic rings. The van der Waals surface area contributed by atoms with E-state index in [1.807, 2.05) is 0 Å². The van der Waals surface area contributed by atoms with E-state index < -0.39 is 0 Å². The molecule has 0 bridgehead atoms. The third kappa shape index (κ3) is 5.86. The molecule has 0 spiro atoms. The lowest BCUT2D eigenvalue weighted by atomic mass is 10.1. The highest BCUT2D eigenvalue weighted by Crippen LogP contribution is 2.14. The molecular formula is C24H34N4. The third-order valence-electron chi connectivity index (χ3n) is 6.03. The molecule has 28 heavy (non-hydrogen) atoms. The van der Waals surface area contributed by atoms with Crippen LogP contribution in [0.1, 0.15) is 61.3 Å². The van der Waals surface area contributed by atoms with Crippen molar-refractivity contribution in [1.29, 1.82) is 0 Å². The molecule has 0 radical (unpaired) electrons. The second-order valence-electron chi connectivity index (χ2n) is 8.41. The van der Waals surface area contributed by atoms with Crippen molar-refractivity contribution in [3.63, 3.8) is 0 Å². The molecule has 4 heteroatoms. The van der Waals surface area contributed by atoms with Gasteiger partial charge >= 0.3 is 0 Å². The fourth-order valence-electron chi connectivity index (χ4n) is 4.46. The van der Waals surface area contributed by atoms with Crippen LogP contribution in [0.5, 0.6) is 0 Å². The fraction of sp³-hybridized carbons (Fsp3) is 0.583. The Morgan fingerprint density at radius 3 is 1.36 bits per heavy atom. The van der Waals surface area contributed by atoms with Crippen molar-refractivity contribution >= 4 is 0 Å². The fourth-order valence-corrected chi connectivity index (χ4v) is 4.46. The number of piperidine rings is 2. The van der Waals surface area contributed by atoms with Gasteiger partial charge in [-0.15, -0.1) is 0 Å². The maximum Gasteiger partial charge on any atom is 0.0547 e. The summed E-state index contributed by atoms with van der Waals surface area (Å²) < 4.78 is 0. The van der Waals surface area contributed by atoms with E-state index in [4.69, 9.17) is 9.97 Å². The second kappa shape index (κ2) is 10.1. The lowest BCUT2D eigenvalue weighted by molar-refractivity contribution is 0.218. The van der Waals surface area contributed by atoms with E-state index >= 15 is 0 Å². The second-order valence-corrected chi connectivity index (χ2v) is 8.41. The summed E-state index contributed by atoms with van der Waals surface area (Å²) in [6, 6.07) is 13.0. The average Bonchev–Trinajstić information content (AvgIpc) is 2.74. The molecule has 0 atom stereocenters. The molecule has 150 valence electrons. The Labute approximate surface area is 170 Å². The zero-order chi connectivity index (χ0) is 19.0. The van der Waals surface area contributed by atoms with E-state index in [0.29, 0.717) is 0 Å². The molecule has 0 saturated carbocycles. The number of nitrogens with zero attached hydrogens (tertiary/aromatic N) is 4. The van der Waals surface area contributed by atoms with Gasteiger partial charge < -0.3 is 0 Å². The van der Waals surface area contributed by atoms with Gasteiger partial charge in [0.05, 0.1) is 11.4 Å². The van der Waals surface area contributed by atoms with Crippen LogP contribution in [0.3, 0.4) is 0 Å². The number of hydrogen-bond donors (Lipinski definition) is 0. The van der Waals surface area contributed by atoms with Crippen molar-refractivity contribution in [2.24, 2.45) is 0 Å². The van der Waals surface area contributed by atoms with Crippen LogP contribution in [0.2, 0.25) is 0 Å². The molecule has 4 rings (SSSR count). The molecule has 0 unspecified atom stereocenters. The summed E-state index contributed by atoms with van der Waals surface area (Å²) in [6.07, 6.45) is 10.0. The highest BCUT2D eigenvalue weighted by atomic mass is 15.1. The molecule has 0 N–H and O–H groups in total. The van der Waals surface area contributed by atoms with E-state index in [1.165, 1.54) is 87.5 Å². The van der Waals surface area contributed by atoms with Gasteiger partial charge in [0.25, 0.3) is 0 Å². The van der Waals surface area contributed by atoms with Crippen molar-refractivity contribution < 1.29 is 0 Å². The minimum atomic E-state index is 0.966. The monoisotopic (exact) mass is 378 g/mol. The highest BCUT2D eigenvalue weighted by molar-refractivity contribution is 5.15. The van der Waals surface area contributed by atoms with Gasteiger partial charge in [-0.1, -0.05) is 25.0 Å². The summed E-state index contributed by atoms with van der Waals surface area (Å²) in [5.74, 6) is 0. The number of aromatic nitrogens is 2. The smallest absolute Gasteiger partial charge is 0.0547 e. The van der Waals surface area contributed by atoms with Gasteiger partial charge in [-0.25, -0.2) is 0 Å². The van der Waals surface area contributed by atoms with Crippen molar-refractivity contribution in [3.05, 3.63) is 59.2 Å². The van der Waals surface area contributed by atoms with Crippen LogP contribution in [0.25, 0.3) is 0 Å². The van der Waals surface area contributed by atoms with E-state index in [2.05, 4.69) is 46.2 Å². The molecule has 4 nitrogen and oxygen atoms in total. The van der Waals surface area contributed by atoms with Gasteiger partial charge in [0.15, 0.2) is 0 Å². The minimum absolute atomic E-state index is 0.966. The highest BCUT2D eigenvalue weighted by Gasteiger charge is 2.12. The van der Waals surface area contributed by atoms with Gasteiger partial charge in [-0.2, -0.15) is 0 Å². The van der Waals surface area contributed by atoms with E-state index in [-0.39, 0.29) is 0 Å². The Hall–Kier alpha value is -1.78. The van der Waals surface area contributed by atoms with Crippen LogP contribution in [-0.2, 0) is 25.9 Å². The zero-order valence-electron chi connectivity index (χ0n) is 17.2. The summed E-state index contributed by atoms with van der Waals surface area (Å²) in [7, 11) is 0. The van der Waals surface area contributed by atoms with Gasteiger partial charge in [-0.05, 0) is 89.0 Å². The first-order valence-corrected chi connectivity index (χ1v) is 11.2. The molecule has 2 aliphatic heterocycles. The molecule has 4 heterocycles. The lowest BCUT2D eigenvalue weighted by Crippen LogP contribution is -2.29. The van der Waals surface area contributed by atoms with Crippen LogP contribution < -0.4 is 0 Å². The van der Waals surface area contributed by atoms with Crippen LogP contribution in [0.15, 0.2) is 36.4 Å². The maximum absolute atomic E-state index is 4.92. The Morgan fingerprint density at radius 2 is 0.929 bits per heavy atom. The van der Waals surface area contributed by atoms with Gasteiger partial charge in [0.1, 0.15) is 0 Å². The number of aryl methyl sites for hydroxylation is 2. The van der Waals surface area contributed by atoms with Crippen molar-refractivity contribution in [1.82, 2.24) is 19.8 Å². The normalized spacial score (nSPS) is 19.0. The van der Waals surface area contributed by atoms with Gasteiger partial charge in [-0.3, -0.25) is 19.8 Å². The Morgan fingerprint density at radius 1 is 0.536 bits per heavy atom. The quantitative estimate of drug-likeness (QED) is 0.722. The number of pyridine rings is 2. The largest absolute Gasteiger partial charge is 0.298 e. The van der Waals surface area contributed by atoms with Crippen LogP contribution in [0.4, 0.5) is 0 Å². The molecule has 2 aromatic heterocycles. The standard InChI is InChI=1S/C24H34N4/c1-3-15-27(16-4-1)19-23-11-7-9-21(25-23)13-14-22-10-8-12-24(26-22)20-28-17-5-2-6-18-28/h7-12H,1-6,13-20H2. The zero-order valence-corrected chi connectivity index (χ0v) is 17.2. The summed E-state index contributed by atoms with van der Waals surface area (Å²) in [6.45, 7) is 6.88. The summed E-state index contributed by atoms with van der Waals surface area (Å²) in [5, 5.41) is 0. The Balaban J connectivity index is 1.31. The summed E-state index contributed by atoms with van der Waals surface area (Å²) >= 11 is 0. The van der Waals surface area contributed by atoms with E-state index in [1.54, 1.807) is 0 Å². The Kier molecular flexibility index (Phi) is 7.07. The van der Waals surface area contributed by atoms with E-state index in [9.17, 15) is 0 Å². The first-order chi connectivity index (χ1) is 13.8. The molecule has 0 amide bonds. The molecule has 2 aliphatic rings. The molecule has 0 aromatic carbocycles. The summed E-state index contributed by atoms with van der Waals surface area (Å²) in [5.41, 5.74) is 4.81. The lowest BCUT2D eigenvalue weighted by Gasteiger charge is -2.26. The molecule has 0 aliphatic carbocycles. The van der Waals surface area contributed by atoms with Gasteiger partial charge in [0, 0.05) is 24.5 Å². The first-order valence-electron chi connectivity index (χ1n) is 11.2. The predicted molar refractivity (Wildman–Crippen MR) is 114 cm³/mol. The molecule has 2 fully saturated rings. The molecule has 2 saturated heterocycles. The maximum atomic E-state index is 4.92. The van der Waals surface area contributed by atoms with Crippen molar-refractivity contribution in [3.8, 4) is 0 Å². The Bertz CT molecular complexity index is 669. The van der Waals surface area contributed by atoms with Gasteiger partial charge in [0.2, 0.25) is 0 Å². The average molecular weight is 379 g/mol. The van der Waals surface area contributed by atoms with E-state index in [0.717, 1.165) is 25.9 Å². The van der Waals surface area contributed by atoms with Crippen molar-refractivity contribution in [2.75, 3.05) is 26.2 Å². The first kappa shape index (κ1) is 19.5. The number of hydrogen-bond acceptors (Lipinski definition) is 4. The number of likely N-dealkylation sites (tertiary alicyclic amines) is 2. The van der Waals surface area contributed by atoms with Crippen LogP contribution in [0, 0.1) is 0 Å². The van der Waals surface area contributed by atoms with Crippen molar-refractivity contribution in [2.45, 2.75) is 64.5 Å². The van der Waals surface area contributed by atoms with Crippen LogP contribution >= 0.6 is 0 Å². The SMILES string of the molecule is c1cc(CCc2cccc(CN3CCCCC3)n2)nc(CN2CCCCC2)c1. The minimum Gasteiger partial charge on any atom is -0.298 e. The number of rotatable bonds is 7. The van der Waals surface area contributed by atoms with Crippen LogP contribution in [-0.4, -0.2) is 45.9 Å². The third-order valence-corrected chi connectivity index (χ3v) is 6.03.